The summed E-state index contributed by atoms with van der Waals surface area (Å²) in [5, 5.41) is 6.13. The van der Waals surface area contributed by atoms with E-state index < -0.39 is 0 Å². The summed E-state index contributed by atoms with van der Waals surface area (Å²) in [6, 6.07) is 9.65. The molecule has 0 unspecified atom stereocenters. The number of nitrogens with one attached hydrogen (secondary N) is 2. The van der Waals surface area contributed by atoms with Gasteiger partial charge in [0.1, 0.15) is 0 Å². The molecule has 3 nitrogen and oxygen atoms in total. The normalized spacial score (nSPS) is 35.9. The number of carbonyl (C=O) groups is 1. The zero-order valence-electron chi connectivity index (χ0n) is 13.2. The SMILES string of the molecule is O=C(NC[C@]12CCC[C@@H](C1)[C@H]1CC[C@@H]2C1)Nc1ccccc1. The molecule has 3 aliphatic carbocycles. The van der Waals surface area contributed by atoms with Gasteiger partial charge < -0.3 is 10.6 Å². The highest BCUT2D eigenvalue weighted by Gasteiger charge is 2.52. The Morgan fingerprint density at radius 3 is 2.86 bits per heavy atom. The van der Waals surface area contributed by atoms with Gasteiger partial charge in [-0.05, 0) is 67.4 Å². The highest BCUT2D eigenvalue weighted by atomic mass is 16.2. The molecule has 0 aliphatic heterocycles. The fourth-order valence-corrected chi connectivity index (χ4v) is 5.47. The Balaban J connectivity index is 1.39. The molecule has 0 radical (unpaired) electrons. The molecular weight excluding hydrogens is 272 g/mol. The summed E-state index contributed by atoms with van der Waals surface area (Å²) < 4.78 is 0. The molecule has 2 amide bonds. The van der Waals surface area contributed by atoms with Gasteiger partial charge in [-0.1, -0.05) is 31.0 Å². The molecule has 0 heterocycles. The number of anilines is 1. The van der Waals surface area contributed by atoms with E-state index in [4.69, 9.17) is 0 Å². The van der Waals surface area contributed by atoms with Crippen LogP contribution < -0.4 is 10.6 Å². The van der Waals surface area contributed by atoms with Crippen molar-refractivity contribution in [3.05, 3.63) is 30.3 Å². The van der Waals surface area contributed by atoms with Crippen molar-refractivity contribution in [2.75, 3.05) is 11.9 Å². The maximum Gasteiger partial charge on any atom is 0.319 e. The van der Waals surface area contributed by atoms with Gasteiger partial charge in [0.25, 0.3) is 0 Å². The van der Waals surface area contributed by atoms with E-state index in [9.17, 15) is 4.79 Å². The topological polar surface area (TPSA) is 41.1 Å². The zero-order chi connectivity index (χ0) is 15.0. The summed E-state index contributed by atoms with van der Waals surface area (Å²) >= 11 is 0. The fourth-order valence-electron chi connectivity index (χ4n) is 5.47. The van der Waals surface area contributed by atoms with Crippen molar-refractivity contribution in [1.82, 2.24) is 5.32 Å². The summed E-state index contributed by atoms with van der Waals surface area (Å²) in [6.07, 6.45) is 9.71. The van der Waals surface area contributed by atoms with Crippen LogP contribution in [0.2, 0.25) is 0 Å². The maximum atomic E-state index is 12.2. The monoisotopic (exact) mass is 298 g/mol. The number of urea groups is 1. The number of hydrogen-bond donors (Lipinski definition) is 2. The number of fused-ring (bicyclic) bond motifs is 6. The Labute approximate surface area is 132 Å². The zero-order valence-corrected chi connectivity index (χ0v) is 13.2. The van der Waals surface area contributed by atoms with Crippen molar-refractivity contribution in [2.24, 2.45) is 23.2 Å². The van der Waals surface area contributed by atoms with Crippen molar-refractivity contribution in [3.63, 3.8) is 0 Å². The molecule has 0 spiro atoms. The molecule has 0 aromatic heterocycles. The van der Waals surface area contributed by atoms with E-state index in [1.807, 2.05) is 30.3 Å². The van der Waals surface area contributed by atoms with Crippen molar-refractivity contribution < 1.29 is 4.79 Å². The van der Waals surface area contributed by atoms with Crippen LogP contribution in [0.5, 0.6) is 0 Å². The molecule has 1 aromatic rings. The number of hydrogen-bond acceptors (Lipinski definition) is 1. The third-order valence-corrected chi connectivity index (χ3v) is 6.56. The van der Waals surface area contributed by atoms with Gasteiger partial charge in [0.05, 0.1) is 0 Å². The van der Waals surface area contributed by atoms with Crippen LogP contribution in [0.15, 0.2) is 30.3 Å². The lowest BCUT2D eigenvalue weighted by molar-refractivity contribution is 0.0154. The largest absolute Gasteiger partial charge is 0.337 e. The maximum absolute atomic E-state index is 12.2. The Morgan fingerprint density at radius 1 is 1.14 bits per heavy atom. The predicted molar refractivity (Wildman–Crippen MR) is 88.7 cm³/mol. The van der Waals surface area contributed by atoms with Gasteiger partial charge in [-0.2, -0.15) is 0 Å². The summed E-state index contributed by atoms with van der Waals surface area (Å²) in [6.45, 7) is 0.861. The van der Waals surface area contributed by atoms with Gasteiger partial charge in [0.15, 0.2) is 0 Å². The van der Waals surface area contributed by atoms with E-state index in [0.717, 1.165) is 30.0 Å². The van der Waals surface area contributed by atoms with Crippen LogP contribution in [0.1, 0.15) is 44.9 Å². The molecule has 3 aliphatic rings. The van der Waals surface area contributed by atoms with Crippen LogP contribution in [0.4, 0.5) is 10.5 Å². The van der Waals surface area contributed by atoms with Gasteiger partial charge in [-0.25, -0.2) is 4.79 Å². The molecule has 118 valence electrons. The number of carbonyl (C=O) groups excluding carboxylic acids is 1. The Hall–Kier alpha value is -1.51. The molecular formula is C19H26N2O. The van der Waals surface area contributed by atoms with E-state index in [2.05, 4.69) is 10.6 Å². The van der Waals surface area contributed by atoms with E-state index >= 15 is 0 Å². The molecule has 4 atom stereocenters. The lowest BCUT2D eigenvalue weighted by Crippen LogP contribution is -2.48. The second kappa shape index (κ2) is 5.60. The Kier molecular flexibility index (Phi) is 3.59. The fraction of sp³-hybridized carbons (Fsp3) is 0.632. The first-order chi connectivity index (χ1) is 10.8. The van der Waals surface area contributed by atoms with E-state index in [1.165, 1.54) is 44.9 Å². The van der Waals surface area contributed by atoms with Crippen molar-refractivity contribution >= 4 is 11.7 Å². The molecule has 3 saturated carbocycles. The quantitative estimate of drug-likeness (QED) is 0.852. The Bertz CT molecular complexity index is 544. The Morgan fingerprint density at radius 2 is 2.00 bits per heavy atom. The second-order valence-corrected chi connectivity index (χ2v) is 7.66. The molecule has 0 saturated heterocycles. The first-order valence-corrected chi connectivity index (χ1v) is 8.85. The van der Waals surface area contributed by atoms with Crippen LogP contribution in [0, 0.1) is 23.2 Å². The van der Waals surface area contributed by atoms with E-state index in [-0.39, 0.29) is 6.03 Å². The lowest BCUT2D eigenvalue weighted by Gasteiger charge is -2.50. The smallest absolute Gasteiger partial charge is 0.319 e. The lowest BCUT2D eigenvalue weighted by atomic mass is 9.57. The first kappa shape index (κ1) is 14.1. The summed E-state index contributed by atoms with van der Waals surface area (Å²) in [5.74, 6) is 2.79. The molecule has 4 bridgehead atoms. The second-order valence-electron chi connectivity index (χ2n) is 7.66. The molecule has 22 heavy (non-hydrogen) atoms. The number of benzene rings is 1. The van der Waals surface area contributed by atoms with Crippen molar-refractivity contribution in [2.45, 2.75) is 44.9 Å². The minimum Gasteiger partial charge on any atom is -0.337 e. The van der Waals surface area contributed by atoms with Crippen LogP contribution >= 0.6 is 0 Å². The summed E-state index contributed by atoms with van der Waals surface area (Å²) in [7, 11) is 0. The first-order valence-electron chi connectivity index (χ1n) is 8.85. The summed E-state index contributed by atoms with van der Waals surface area (Å²) in [4.78, 5) is 12.2. The number of para-hydroxylation sites is 1. The van der Waals surface area contributed by atoms with Crippen molar-refractivity contribution in [1.29, 1.82) is 0 Å². The molecule has 3 fully saturated rings. The van der Waals surface area contributed by atoms with Gasteiger partial charge >= 0.3 is 6.03 Å². The van der Waals surface area contributed by atoms with Crippen molar-refractivity contribution in [3.8, 4) is 0 Å². The minimum absolute atomic E-state index is 0.0529. The standard InChI is InChI=1S/C19H26N2O/c22-18(21-17-6-2-1-3-7-17)20-13-19-10-4-5-15(12-19)14-8-9-16(19)11-14/h1-3,6-7,14-16H,4-5,8-13H2,(H2,20,21,22)/t14-,15-,16+,19-/m0/s1. The van der Waals surface area contributed by atoms with Gasteiger partial charge in [-0.3, -0.25) is 0 Å². The minimum atomic E-state index is -0.0529. The molecule has 4 rings (SSSR count). The number of amides is 2. The van der Waals surface area contributed by atoms with Crippen LogP contribution in [0.3, 0.4) is 0 Å². The van der Waals surface area contributed by atoms with E-state index in [1.54, 1.807) is 0 Å². The highest BCUT2D eigenvalue weighted by molar-refractivity contribution is 5.89. The third kappa shape index (κ3) is 2.51. The average Bonchev–Trinajstić information content (AvgIpc) is 3.01. The van der Waals surface area contributed by atoms with E-state index in [0.29, 0.717) is 5.41 Å². The van der Waals surface area contributed by atoms with Crippen LogP contribution in [0.25, 0.3) is 0 Å². The average molecular weight is 298 g/mol. The van der Waals surface area contributed by atoms with Gasteiger partial charge in [0.2, 0.25) is 0 Å². The van der Waals surface area contributed by atoms with Crippen LogP contribution in [-0.2, 0) is 0 Å². The summed E-state index contributed by atoms with van der Waals surface area (Å²) in [5.41, 5.74) is 1.26. The van der Waals surface area contributed by atoms with Crippen LogP contribution in [-0.4, -0.2) is 12.6 Å². The molecule has 1 aromatic carbocycles. The van der Waals surface area contributed by atoms with Gasteiger partial charge in [-0.15, -0.1) is 0 Å². The number of rotatable bonds is 3. The predicted octanol–water partition coefficient (Wildman–Crippen LogP) is 4.41. The van der Waals surface area contributed by atoms with Gasteiger partial charge in [0, 0.05) is 12.2 Å². The molecule has 3 heteroatoms. The highest BCUT2D eigenvalue weighted by Crippen LogP contribution is 2.60. The third-order valence-electron chi connectivity index (χ3n) is 6.56. The molecule has 2 N–H and O–H groups in total.